The summed E-state index contributed by atoms with van der Waals surface area (Å²) >= 11 is 3.42. The second kappa shape index (κ2) is 15.9. The predicted molar refractivity (Wildman–Crippen MR) is 173 cm³/mol. The predicted octanol–water partition coefficient (Wildman–Crippen LogP) is 4.02. The number of guanidine groups is 1. The Balaban J connectivity index is 1.46. The Hall–Kier alpha value is -3.95. The van der Waals surface area contributed by atoms with Crippen LogP contribution in [-0.4, -0.2) is 60.9 Å². The second-order valence-electron chi connectivity index (χ2n) is 10.4. The molecule has 6 N–H and O–H groups in total. The average molecular weight is 632 g/mol. The molecule has 3 aromatic carbocycles. The zero-order valence-electron chi connectivity index (χ0n) is 23.7. The zero-order valence-corrected chi connectivity index (χ0v) is 25.2. The molecule has 3 aromatic rings. The van der Waals surface area contributed by atoms with Crippen molar-refractivity contribution in [1.82, 2.24) is 15.5 Å². The van der Waals surface area contributed by atoms with Crippen LogP contribution in [0.15, 0.2) is 100 Å². The van der Waals surface area contributed by atoms with Gasteiger partial charge in [0.2, 0.25) is 11.8 Å². The fourth-order valence-electron chi connectivity index (χ4n) is 5.16. The molecule has 0 bridgehead atoms. The Morgan fingerprint density at radius 1 is 1.02 bits per heavy atom. The molecule has 8 nitrogen and oxygen atoms in total. The van der Waals surface area contributed by atoms with Gasteiger partial charge in [-0.1, -0.05) is 88.7 Å². The highest BCUT2D eigenvalue weighted by molar-refractivity contribution is 9.10. The Bertz CT molecular complexity index is 1300. The lowest BCUT2D eigenvalue weighted by Crippen LogP contribution is -2.49. The monoisotopic (exact) mass is 630 g/mol. The first-order valence-corrected chi connectivity index (χ1v) is 15.1. The van der Waals surface area contributed by atoms with Crippen molar-refractivity contribution in [3.05, 3.63) is 112 Å². The maximum absolute atomic E-state index is 13.9. The first-order valence-electron chi connectivity index (χ1n) is 14.3. The lowest BCUT2D eigenvalue weighted by molar-refractivity contribution is -0.133. The lowest BCUT2D eigenvalue weighted by Gasteiger charge is -2.29. The summed E-state index contributed by atoms with van der Waals surface area (Å²) in [6.07, 6.45) is 5.28. The minimum Gasteiger partial charge on any atom is -0.370 e. The summed E-state index contributed by atoms with van der Waals surface area (Å²) in [7, 11) is 0. The molecule has 2 amide bonds. The molecule has 0 saturated carbocycles. The van der Waals surface area contributed by atoms with Crippen LogP contribution in [0.3, 0.4) is 0 Å². The van der Waals surface area contributed by atoms with Crippen LogP contribution in [0.1, 0.15) is 41.9 Å². The number of amides is 2. The highest BCUT2D eigenvalue weighted by Crippen LogP contribution is 2.27. The number of nitrogens with two attached hydrogens (primary N) is 2. The van der Waals surface area contributed by atoms with E-state index in [1.807, 2.05) is 65.6 Å². The number of carbonyl (C=O) groups is 2. The molecular formula is C33H39BrN6O2. The molecule has 0 aliphatic carbocycles. The van der Waals surface area contributed by atoms with Crippen molar-refractivity contribution in [3.63, 3.8) is 0 Å². The molecule has 1 aliphatic heterocycles. The maximum atomic E-state index is 13.9. The van der Waals surface area contributed by atoms with Gasteiger partial charge in [0.05, 0.1) is 6.04 Å². The first kappa shape index (κ1) is 31.0. The third-order valence-electron chi connectivity index (χ3n) is 7.37. The molecule has 0 unspecified atom stereocenters. The first-order chi connectivity index (χ1) is 20.4. The van der Waals surface area contributed by atoms with Crippen LogP contribution < -0.4 is 22.1 Å². The van der Waals surface area contributed by atoms with E-state index in [9.17, 15) is 9.59 Å². The van der Waals surface area contributed by atoms with Gasteiger partial charge in [-0.25, -0.2) is 0 Å². The van der Waals surface area contributed by atoms with Crippen LogP contribution in [0, 0.1) is 0 Å². The van der Waals surface area contributed by atoms with E-state index in [1.165, 1.54) is 17.2 Å². The Kier molecular flexibility index (Phi) is 11.7. The molecule has 1 fully saturated rings. The summed E-state index contributed by atoms with van der Waals surface area (Å²) in [5.41, 5.74) is 14.3. The van der Waals surface area contributed by atoms with Gasteiger partial charge in [0.1, 0.15) is 0 Å². The molecule has 9 heteroatoms. The number of hydrogen-bond donors (Lipinski definition) is 4. The van der Waals surface area contributed by atoms with Crippen molar-refractivity contribution in [2.45, 2.75) is 37.3 Å². The van der Waals surface area contributed by atoms with Crippen molar-refractivity contribution in [3.8, 4) is 0 Å². The summed E-state index contributed by atoms with van der Waals surface area (Å²) < 4.78 is 0.985. The summed E-state index contributed by atoms with van der Waals surface area (Å²) in [5.74, 6) is -0.0361. The van der Waals surface area contributed by atoms with Crippen molar-refractivity contribution >= 4 is 39.8 Å². The Labute approximate surface area is 256 Å². The minimum absolute atomic E-state index is 0.0404. The topological polar surface area (TPSA) is 126 Å². The SMILES string of the molecule is NC(N)=NCCC[C@@H]1N[C@H](CNC(=O)C=Cc2ccc(Br)cc2)CCN(CC(c2ccccc2)c2ccccc2)C1=O. The van der Waals surface area contributed by atoms with Crippen LogP contribution in [0.25, 0.3) is 6.08 Å². The molecule has 0 aromatic heterocycles. The standard InChI is InChI=1S/C33H39BrN6O2/c34-27-16-13-24(14-17-27)15-18-31(41)38-22-28-19-21-40(32(42)30(39-28)12-7-20-37-33(35)36)23-29(25-8-3-1-4-9-25)26-10-5-2-6-11-26/h1-6,8-11,13-18,28-30,39H,7,12,19-23H2,(H,38,41)(H4,35,36,37)/t28-,30-/m0/s1. The third-order valence-corrected chi connectivity index (χ3v) is 7.89. The number of benzene rings is 3. The molecule has 220 valence electrons. The van der Waals surface area contributed by atoms with Crippen LogP contribution in [0.2, 0.25) is 0 Å². The summed E-state index contributed by atoms with van der Waals surface area (Å²) in [6, 6.07) is 27.9. The van der Waals surface area contributed by atoms with E-state index in [2.05, 4.69) is 55.8 Å². The minimum atomic E-state index is -0.408. The zero-order chi connectivity index (χ0) is 29.7. The molecule has 4 rings (SSSR count). The van der Waals surface area contributed by atoms with Gasteiger partial charge in [-0.15, -0.1) is 0 Å². The van der Waals surface area contributed by atoms with E-state index in [0.29, 0.717) is 45.4 Å². The average Bonchev–Trinajstić information content (AvgIpc) is 3.15. The van der Waals surface area contributed by atoms with Crippen LogP contribution >= 0.6 is 15.9 Å². The van der Waals surface area contributed by atoms with E-state index < -0.39 is 6.04 Å². The fraction of sp³-hybridized carbons (Fsp3) is 0.303. The quantitative estimate of drug-likeness (QED) is 0.104. The van der Waals surface area contributed by atoms with Gasteiger partial charge in [-0.05, 0) is 54.2 Å². The molecule has 1 heterocycles. The van der Waals surface area contributed by atoms with Gasteiger partial charge in [-0.2, -0.15) is 0 Å². The van der Waals surface area contributed by atoms with Gasteiger partial charge >= 0.3 is 0 Å². The third kappa shape index (κ3) is 9.56. The molecule has 2 atom stereocenters. The Morgan fingerprint density at radius 3 is 2.29 bits per heavy atom. The van der Waals surface area contributed by atoms with Crippen LogP contribution in [0.5, 0.6) is 0 Å². The molecule has 1 saturated heterocycles. The molecule has 1 aliphatic rings. The largest absolute Gasteiger partial charge is 0.370 e. The van der Waals surface area contributed by atoms with E-state index in [4.69, 9.17) is 11.5 Å². The van der Waals surface area contributed by atoms with Crippen LogP contribution in [-0.2, 0) is 9.59 Å². The normalized spacial score (nSPS) is 17.3. The number of hydrogen-bond acceptors (Lipinski definition) is 4. The van der Waals surface area contributed by atoms with E-state index >= 15 is 0 Å². The number of rotatable bonds is 12. The maximum Gasteiger partial charge on any atom is 0.244 e. The number of halogens is 1. The summed E-state index contributed by atoms with van der Waals surface area (Å²) in [5, 5.41) is 6.53. The van der Waals surface area contributed by atoms with Crippen LogP contribution in [0.4, 0.5) is 0 Å². The van der Waals surface area contributed by atoms with E-state index in [0.717, 1.165) is 10.0 Å². The van der Waals surface area contributed by atoms with E-state index in [1.54, 1.807) is 6.08 Å². The molecule has 0 spiro atoms. The van der Waals surface area contributed by atoms with Gasteiger partial charge < -0.3 is 27.0 Å². The number of nitrogens with zero attached hydrogens (tertiary/aromatic N) is 2. The highest BCUT2D eigenvalue weighted by atomic mass is 79.9. The molecule has 42 heavy (non-hydrogen) atoms. The number of aliphatic imine (C=N–C) groups is 1. The summed E-state index contributed by atoms with van der Waals surface area (Å²) in [6.45, 7) is 2.01. The van der Waals surface area contributed by atoms with Crippen molar-refractivity contribution < 1.29 is 9.59 Å². The lowest BCUT2D eigenvalue weighted by atomic mass is 9.90. The fourth-order valence-corrected chi connectivity index (χ4v) is 5.42. The smallest absolute Gasteiger partial charge is 0.244 e. The van der Waals surface area contributed by atoms with Crippen molar-refractivity contribution in [2.75, 3.05) is 26.2 Å². The summed E-state index contributed by atoms with van der Waals surface area (Å²) in [4.78, 5) is 32.6. The van der Waals surface area contributed by atoms with Crippen molar-refractivity contribution in [2.24, 2.45) is 16.5 Å². The number of carbonyl (C=O) groups excluding carboxylic acids is 2. The van der Waals surface area contributed by atoms with Gasteiger partial charge in [-0.3, -0.25) is 14.6 Å². The highest BCUT2D eigenvalue weighted by Gasteiger charge is 2.32. The van der Waals surface area contributed by atoms with Crippen molar-refractivity contribution in [1.29, 1.82) is 0 Å². The number of nitrogens with one attached hydrogen (secondary N) is 2. The van der Waals surface area contributed by atoms with Gasteiger partial charge in [0.25, 0.3) is 0 Å². The Morgan fingerprint density at radius 2 is 1.67 bits per heavy atom. The molecule has 0 radical (unpaired) electrons. The van der Waals surface area contributed by atoms with E-state index in [-0.39, 0.29) is 29.7 Å². The molecular weight excluding hydrogens is 592 g/mol. The van der Waals surface area contributed by atoms with Gasteiger partial charge in [0.15, 0.2) is 5.96 Å². The second-order valence-corrected chi connectivity index (χ2v) is 11.4. The van der Waals surface area contributed by atoms with Gasteiger partial charge in [0, 0.05) is 48.7 Å².